The van der Waals surface area contributed by atoms with Gasteiger partial charge in [-0.25, -0.2) is 4.39 Å². The number of thioether (sulfide) groups is 1. The van der Waals surface area contributed by atoms with Crippen molar-refractivity contribution < 1.29 is 33.0 Å². The van der Waals surface area contributed by atoms with Gasteiger partial charge < -0.3 is 14.2 Å². The van der Waals surface area contributed by atoms with Crippen LogP contribution in [0.3, 0.4) is 0 Å². The van der Waals surface area contributed by atoms with E-state index < -0.39 is 29.3 Å². The zero-order valence-electron chi connectivity index (χ0n) is 19.0. The lowest BCUT2D eigenvalue weighted by atomic mass is 10.1. The number of halogens is 2. The first-order chi connectivity index (χ1) is 16.0. The number of hydrogen-bond donors (Lipinski definition) is 0. The van der Waals surface area contributed by atoms with Crippen LogP contribution in [-0.2, 0) is 20.9 Å². The molecule has 3 rings (SSSR count). The molecular formula is C24H23BrFNO6S. The molecule has 0 bridgehead atoms. The van der Waals surface area contributed by atoms with Gasteiger partial charge in [0.1, 0.15) is 24.6 Å². The second-order valence-corrected chi connectivity index (χ2v) is 10.1. The lowest BCUT2D eigenvalue weighted by Crippen LogP contribution is -2.37. The number of carbonyl (C=O) groups is 3. The smallest absolute Gasteiger partial charge is 0.326 e. The second-order valence-electron chi connectivity index (χ2n) is 8.29. The van der Waals surface area contributed by atoms with Crippen molar-refractivity contribution in [1.29, 1.82) is 0 Å². The third-order valence-electron chi connectivity index (χ3n) is 4.46. The molecule has 2 amide bonds. The van der Waals surface area contributed by atoms with E-state index in [9.17, 15) is 18.8 Å². The number of benzene rings is 2. The van der Waals surface area contributed by atoms with Gasteiger partial charge in [0.15, 0.2) is 11.5 Å². The van der Waals surface area contributed by atoms with Crippen LogP contribution in [0, 0.1) is 5.82 Å². The maximum Gasteiger partial charge on any atom is 0.326 e. The van der Waals surface area contributed by atoms with Crippen LogP contribution in [0.25, 0.3) is 6.08 Å². The summed E-state index contributed by atoms with van der Waals surface area (Å²) in [5, 5.41) is -0.551. The largest absolute Gasteiger partial charge is 0.493 e. The Hall–Kier alpha value is -2.85. The molecule has 180 valence electrons. The van der Waals surface area contributed by atoms with Gasteiger partial charge >= 0.3 is 5.97 Å². The Balaban J connectivity index is 1.77. The van der Waals surface area contributed by atoms with Gasteiger partial charge in [-0.1, -0.05) is 28.1 Å². The van der Waals surface area contributed by atoms with Crippen LogP contribution in [-0.4, -0.2) is 41.3 Å². The summed E-state index contributed by atoms with van der Waals surface area (Å²) < 4.78 is 30.1. The predicted molar refractivity (Wildman–Crippen MR) is 130 cm³/mol. The highest BCUT2D eigenvalue weighted by molar-refractivity contribution is 9.10. The number of imide groups is 1. The van der Waals surface area contributed by atoms with Crippen molar-refractivity contribution in [2.24, 2.45) is 0 Å². The van der Waals surface area contributed by atoms with Crippen LogP contribution in [0.2, 0.25) is 0 Å². The SMILES string of the molecule is COc1cc(C=C2SC(=O)N(CC(=O)OC(C)(C)C)C2=O)c(Br)cc1OCc1ccc(F)cc1. The molecule has 0 atom stereocenters. The summed E-state index contributed by atoms with van der Waals surface area (Å²) in [5.74, 6) is -0.729. The van der Waals surface area contributed by atoms with E-state index in [0.29, 0.717) is 21.5 Å². The minimum atomic E-state index is -0.726. The molecule has 0 saturated carbocycles. The molecule has 1 saturated heterocycles. The van der Waals surface area contributed by atoms with Gasteiger partial charge in [0.05, 0.1) is 12.0 Å². The molecule has 10 heteroatoms. The number of ether oxygens (including phenoxy) is 3. The van der Waals surface area contributed by atoms with Crippen LogP contribution in [0.15, 0.2) is 45.8 Å². The summed E-state index contributed by atoms with van der Waals surface area (Å²) in [6, 6.07) is 9.29. The summed E-state index contributed by atoms with van der Waals surface area (Å²) in [4.78, 5) is 38.2. The van der Waals surface area contributed by atoms with Crippen LogP contribution < -0.4 is 9.47 Å². The van der Waals surface area contributed by atoms with Gasteiger partial charge in [-0.3, -0.25) is 19.3 Å². The Morgan fingerprint density at radius 2 is 1.82 bits per heavy atom. The van der Waals surface area contributed by atoms with Gasteiger partial charge in [0.2, 0.25) is 0 Å². The monoisotopic (exact) mass is 551 g/mol. The van der Waals surface area contributed by atoms with Crippen molar-refractivity contribution in [2.75, 3.05) is 13.7 Å². The van der Waals surface area contributed by atoms with Gasteiger partial charge in [-0.2, -0.15) is 0 Å². The minimum Gasteiger partial charge on any atom is -0.493 e. The summed E-state index contributed by atoms with van der Waals surface area (Å²) in [6.45, 7) is 4.86. The second kappa shape index (κ2) is 10.6. The highest BCUT2D eigenvalue weighted by Crippen LogP contribution is 2.38. The molecule has 7 nitrogen and oxygen atoms in total. The van der Waals surface area contributed by atoms with E-state index in [0.717, 1.165) is 22.2 Å². The lowest BCUT2D eigenvalue weighted by molar-refractivity contribution is -0.156. The Morgan fingerprint density at radius 3 is 2.44 bits per heavy atom. The Labute approximate surface area is 209 Å². The number of amides is 2. The Morgan fingerprint density at radius 1 is 1.15 bits per heavy atom. The van der Waals surface area contributed by atoms with Crippen molar-refractivity contribution in [3.63, 3.8) is 0 Å². The molecule has 0 N–H and O–H groups in total. The number of carbonyl (C=O) groups excluding carboxylic acids is 3. The van der Waals surface area contributed by atoms with Gasteiger partial charge in [0.25, 0.3) is 11.1 Å². The quantitative estimate of drug-likeness (QED) is 0.329. The average molecular weight is 552 g/mol. The molecule has 2 aromatic carbocycles. The van der Waals surface area contributed by atoms with E-state index in [2.05, 4.69) is 15.9 Å². The van der Waals surface area contributed by atoms with E-state index in [-0.39, 0.29) is 17.3 Å². The number of rotatable bonds is 7. The van der Waals surface area contributed by atoms with Crippen LogP contribution in [0.1, 0.15) is 31.9 Å². The van der Waals surface area contributed by atoms with E-state index in [1.54, 1.807) is 45.0 Å². The van der Waals surface area contributed by atoms with Crippen molar-refractivity contribution in [1.82, 2.24) is 4.90 Å². The number of methoxy groups -OCH3 is 1. The standard InChI is InChI=1S/C24H23BrFNO6S/c1-24(2,3)33-21(28)12-27-22(29)20(34-23(27)30)10-15-9-18(31-4)19(11-17(15)25)32-13-14-5-7-16(26)8-6-14/h5-11H,12-13H2,1-4H3. The molecule has 0 aromatic heterocycles. The van der Waals surface area contributed by atoms with E-state index in [1.807, 2.05) is 0 Å². The Bertz CT molecular complexity index is 1140. The van der Waals surface area contributed by atoms with Crippen LogP contribution >= 0.6 is 27.7 Å². The summed E-state index contributed by atoms with van der Waals surface area (Å²) in [7, 11) is 1.48. The van der Waals surface area contributed by atoms with Crippen LogP contribution in [0.5, 0.6) is 11.5 Å². The number of esters is 1. The van der Waals surface area contributed by atoms with Crippen molar-refractivity contribution in [3.05, 3.63) is 62.7 Å². The first-order valence-electron chi connectivity index (χ1n) is 10.2. The van der Waals surface area contributed by atoms with E-state index in [4.69, 9.17) is 14.2 Å². The molecule has 0 aliphatic carbocycles. The maximum atomic E-state index is 13.1. The number of nitrogens with zero attached hydrogens (tertiary/aromatic N) is 1. The molecule has 34 heavy (non-hydrogen) atoms. The van der Waals surface area contributed by atoms with Gasteiger partial charge in [-0.05, 0) is 74.0 Å². The molecular weight excluding hydrogens is 529 g/mol. The van der Waals surface area contributed by atoms with Crippen molar-refractivity contribution in [2.45, 2.75) is 33.0 Å². The fourth-order valence-electron chi connectivity index (χ4n) is 2.96. The van der Waals surface area contributed by atoms with Crippen LogP contribution in [0.4, 0.5) is 9.18 Å². The van der Waals surface area contributed by atoms with E-state index in [1.165, 1.54) is 25.3 Å². The van der Waals surface area contributed by atoms with Gasteiger partial charge in [0, 0.05) is 4.47 Å². The van der Waals surface area contributed by atoms with E-state index >= 15 is 0 Å². The zero-order chi connectivity index (χ0) is 25.0. The molecule has 1 fully saturated rings. The molecule has 0 spiro atoms. The molecule has 2 aromatic rings. The third-order valence-corrected chi connectivity index (χ3v) is 6.05. The first-order valence-corrected chi connectivity index (χ1v) is 11.8. The predicted octanol–water partition coefficient (Wildman–Crippen LogP) is 5.55. The molecule has 1 aliphatic heterocycles. The molecule has 1 heterocycles. The highest BCUT2D eigenvalue weighted by atomic mass is 79.9. The summed E-state index contributed by atoms with van der Waals surface area (Å²) >= 11 is 4.19. The fraction of sp³-hybridized carbons (Fsp3) is 0.292. The van der Waals surface area contributed by atoms with Gasteiger partial charge in [-0.15, -0.1) is 0 Å². The fourth-order valence-corrected chi connectivity index (χ4v) is 4.22. The van der Waals surface area contributed by atoms with Crippen molar-refractivity contribution in [3.8, 4) is 11.5 Å². The normalized spacial score (nSPS) is 15.1. The average Bonchev–Trinajstić information content (AvgIpc) is 3.00. The molecule has 0 radical (unpaired) electrons. The van der Waals surface area contributed by atoms with Crippen molar-refractivity contribution >= 4 is 50.9 Å². The lowest BCUT2D eigenvalue weighted by Gasteiger charge is -2.21. The first kappa shape index (κ1) is 25.8. The molecule has 1 aliphatic rings. The third kappa shape index (κ3) is 6.60. The Kier molecular flexibility index (Phi) is 8.04. The topological polar surface area (TPSA) is 82.1 Å². The molecule has 0 unspecified atom stereocenters. The summed E-state index contributed by atoms with van der Waals surface area (Å²) in [6.07, 6.45) is 1.54. The number of hydrogen-bond acceptors (Lipinski definition) is 7. The minimum absolute atomic E-state index is 0.163. The maximum absolute atomic E-state index is 13.1. The summed E-state index contributed by atoms with van der Waals surface area (Å²) in [5.41, 5.74) is 0.632. The zero-order valence-corrected chi connectivity index (χ0v) is 21.4. The highest BCUT2D eigenvalue weighted by Gasteiger charge is 2.37.